The summed E-state index contributed by atoms with van der Waals surface area (Å²) < 4.78 is 39.7. The van der Waals surface area contributed by atoms with Crippen LogP contribution in [-0.2, 0) is 15.1 Å². The van der Waals surface area contributed by atoms with E-state index in [0.29, 0.717) is 29.9 Å². The monoisotopic (exact) mass is 394 g/mol. The van der Waals surface area contributed by atoms with Crippen LogP contribution in [0.15, 0.2) is 24.4 Å². The molecule has 27 heavy (non-hydrogen) atoms. The zero-order valence-electron chi connectivity index (χ0n) is 14.7. The molecule has 0 bridgehead atoms. The number of ether oxygens (including phenoxy) is 2. The number of methoxy groups -OCH3 is 1. The molecule has 0 spiro atoms. The van der Waals surface area contributed by atoms with E-state index < -0.39 is 12.0 Å². The minimum atomic E-state index is -2.66. The third-order valence-electron chi connectivity index (χ3n) is 4.86. The minimum absolute atomic E-state index is 0.153. The number of alkyl halides is 2. The number of nitrogens with zero attached hydrogens (tertiary/aromatic N) is 4. The van der Waals surface area contributed by atoms with Gasteiger partial charge in [-0.1, -0.05) is 11.6 Å². The number of halogens is 3. The molecule has 0 N–H and O–H groups in total. The molecule has 1 saturated heterocycles. The quantitative estimate of drug-likeness (QED) is 0.626. The van der Waals surface area contributed by atoms with Gasteiger partial charge in [0.25, 0.3) is 6.43 Å². The van der Waals surface area contributed by atoms with E-state index in [1.54, 1.807) is 12.3 Å². The normalized spacial score (nSPS) is 20.1. The van der Waals surface area contributed by atoms with Crippen LogP contribution in [0.25, 0.3) is 16.7 Å². The van der Waals surface area contributed by atoms with E-state index >= 15 is 0 Å². The first kappa shape index (κ1) is 18.2. The van der Waals surface area contributed by atoms with Gasteiger partial charge < -0.3 is 9.47 Å². The molecule has 1 aliphatic heterocycles. The van der Waals surface area contributed by atoms with E-state index in [2.05, 4.69) is 15.1 Å². The second-order valence-corrected chi connectivity index (χ2v) is 6.85. The molecule has 1 atom stereocenters. The molecule has 0 saturated carbocycles. The largest absolute Gasteiger partial charge is 0.378 e. The van der Waals surface area contributed by atoms with Gasteiger partial charge in [-0.3, -0.25) is 0 Å². The van der Waals surface area contributed by atoms with E-state index in [0.717, 1.165) is 5.39 Å². The Bertz CT molecular complexity index is 1000. The Morgan fingerprint density at radius 2 is 2.15 bits per heavy atom. The summed E-state index contributed by atoms with van der Waals surface area (Å²) >= 11 is 6.02. The Balaban J connectivity index is 1.95. The van der Waals surface area contributed by atoms with Gasteiger partial charge in [-0.2, -0.15) is 5.10 Å². The Labute approximate surface area is 159 Å². The first-order chi connectivity index (χ1) is 12.9. The SMILES string of the molecule is CO[C@@]1(c2cc(C(F)F)cc(-n3nc(C)c4cnc(Cl)cc43)n2)CCOC1. The maximum Gasteiger partial charge on any atom is 0.264 e. The van der Waals surface area contributed by atoms with Gasteiger partial charge in [-0.15, -0.1) is 0 Å². The molecule has 0 unspecified atom stereocenters. The van der Waals surface area contributed by atoms with Crippen LogP contribution < -0.4 is 0 Å². The average Bonchev–Trinajstić information content (AvgIpc) is 3.27. The number of hydrogen-bond acceptors (Lipinski definition) is 5. The number of pyridine rings is 2. The smallest absolute Gasteiger partial charge is 0.264 e. The third-order valence-corrected chi connectivity index (χ3v) is 5.07. The molecule has 0 radical (unpaired) electrons. The molecule has 4 heterocycles. The van der Waals surface area contributed by atoms with Gasteiger partial charge in [0.1, 0.15) is 10.8 Å². The molecule has 0 aliphatic carbocycles. The number of hydrogen-bond donors (Lipinski definition) is 0. The van der Waals surface area contributed by atoms with Crippen LogP contribution in [-0.4, -0.2) is 40.1 Å². The van der Waals surface area contributed by atoms with Crippen LogP contribution in [0.1, 0.15) is 29.8 Å². The first-order valence-electron chi connectivity index (χ1n) is 8.38. The fourth-order valence-electron chi connectivity index (χ4n) is 3.32. The summed E-state index contributed by atoms with van der Waals surface area (Å²) in [6, 6.07) is 4.34. The van der Waals surface area contributed by atoms with Crippen molar-refractivity contribution in [2.24, 2.45) is 0 Å². The summed E-state index contributed by atoms with van der Waals surface area (Å²) in [4.78, 5) is 8.66. The lowest BCUT2D eigenvalue weighted by atomic mass is 9.96. The fourth-order valence-corrected chi connectivity index (χ4v) is 3.48. The van der Waals surface area contributed by atoms with Crippen molar-refractivity contribution >= 4 is 22.5 Å². The summed E-state index contributed by atoms with van der Waals surface area (Å²) in [5.41, 5.74) is 0.741. The fraction of sp³-hybridized carbons (Fsp3) is 0.389. The van der Waals surface area contributed by atoms with E-state index in [-0.39, 0.29) is 23.1 Å². The van der Waals surface area contributed by atoms with Gasteiger partial charge in [0.2, 0.25) is 0 Å². The van der Waals surface area contributed by atoms with E-state index in [1.165, 1.54) is 23.9 Å². The summed E-state index contributed by atoms with van der Waals surface area (Å²) in [5, 5.41) is 5.51. The summed E-state index contributed by atoms with van der Waals surface area (Å²) in [6.07, 6.45) is -0.512. The summed E-state index contributed by atoms with van der Waals surface area (Å²) in [5.74, 6) is 0.270. The molecule has 9 heteroatoms. The molecule has 1 fully saturated rings. The minimum Gasteiger partial charge on any atom is -0.378 e. The molecule has 142 valence electrons. The second-order valence-electron chi connectivity index (χ2n) is 6.47. The second kappa shape index (κ2) is 6.78. The Morgan fingerprint density at radius 1 is 1.33 bits per heavy atom. The van der Waals surface area contributed by atoms with Crippen LogP contribution >= 0.6 is 11.6 Å². The van der Waals surface area contributed by atoms with Gasteiger partial charge >= 0.3 is 0 Å². The predicted molar refractivity (Wildman–Crippen MR) is 95.5 cm³/mol. The van der Waals surface area contributed by atoms with Gasteiger partial charge in [-0.25, -0.2) is 23.4 Å². The van der Waals surface area contributed by atoms with Crippen LogP contribution in [0.3, 0.4) is 0 Å². The highest BCUT2D eigenvalue weighted by Gasteiger charge is 2.39. The van der Waals surface area contributed by atoms with Crippen LogP contribution in [0.5, 0.6) is 0 Å². The van der Waals surface area contributed by atoms with Crippen molar-refractivity contribution in [2.75, 3.05) is 20.3 Å². The molecule has 3 aromatic rings. The van der Waals surface area contributed by atoms with E-state index in [1.807, 2.05) is 6.92 Å². The molecule has 0 amide bonds. The van der Waals surface area contributed by atoms with Crippen molar-refractivity contribution in [3.05, 3.63) is 46.5 Å². The van der Waals surface area contributed by atoms with Crippen LogP contribution in [0.2, 0.25) is 5.15 Å². The standard InChI is InChI=1S/C18H17ClF2N4O2/c1-10-12-8-22-15(19)7-13(12)25(24-10)16-6-11(17(20)21)5-14(23-16)18(26-2)3-4-27-9-18/h5-8,17H,3-4,9H2,1-2H3/t18-/m0/s1. The number of rotatable bonds is 4. The maximum atomic E-state index is 13.6. The Kier molecular flexibility index (Phi) is 4.57. The van der Waals surface area contributed by atoms with Crippen molar-refractivity contribution in [1.29, 1.82) is 0 Å². The molecular weight excluding hydrogens is 378 g/mol. The third kappa shape index (κ3) is 3.07. The van der Waals surface area contributed by atoms with E-state index in [9.17, 15) is 8.78 Å². The highest BCUT2D eigenvalue weighted by atomic mass is 35.5. The van der Waals surface area contributed by atoms with Gasteiger partial charge in [0.15, 0.2) is 5.82 Å². The highest BCUT2D eigenvalue weighted by Crippen LogP contribution is 2.35. The number of aryl methyl sites for hydroxylation is 1. The summed E-state index contributed by atoms with van der Waals surface area (Å²) in [7, 11) is 1.53. The highest BCUT2D eigenvalue weighted by molar-refractivity contribution is 6.30. The number of aromatic nitrogens is 4. The van der Waals surface area contributed by atoms with Crippen molar-refractivity contribution in [1.82, 2.24) is 19.7 Å². The van der Waals surface area contributed by atoms with Crippen molar-refractivity contribution in [2.45, 2.75) is 25.4 Å². The molecule has 3 aromatic heterocycles. The van der Waals surface area contributed by atoms with Gasteiger partial charge in [0.05, 0.1) is 23.5 Å². The topological polar surface area (TPSA) is 62.1 Å². The lowest BCUT2D eigenvalue weighted by Crippen LogP contribution is -2.30. The zero-order chi connectivity index (χ0) is 19.2. The zero-order valence-corrected chi connectivity index (χ0v) is 15.5. The van der Waals surface area contributed by atoms with Gasteiger partial charge in [0, 0.05) is 43.4 Å². The van der Waals surface area contributed by atoms with Crippen molar-refractivity contribution in [3.8, 4) is 5.82 Å². The Morgan fingerprint density at radius 3 is 2.81 bits per heavy atom. The predicted octanol–water partition coefficient (Wildman–Crippen LogP) is 3.98. The molecular formula is C18H17ClF2N4O2. The van der Waals surface area contributed by atoms with Crippen molar-refractivity contribution in [3.63, 3.8) is 0 Å². The van der Waals surface area contributed by atoms with Crippen LogP contribution in [0.4, 0.5) is 8.78 Å². The number of fused-ring (bicyclic) bond motifs is 1. The molecule has 1 aliphatic rings. The molecule has 4 rings (SSSR count). The lowest BCUT2D eigenvalue weighted by molar-refractivity contribution is -0.0248. The lowest BCUT2D eigenvalue weighted by Gasteiger charge is -2.26. The maximum absolute atomic E-state index is 13.6. The summed E-state index contributed by atoms with van der Waals surface area (Å²) in [6.45, 7) is 2.56. The average molecular weight is 395 g/mol. The van der Waals surface area contributed by atoms with Crippen molar-refractivity contribution < 1.29 is 18.3 Å². The van der Waals surface area contributed by atoms with Gasteiger partial charge in [-0.05, 0) is 19.1 Å². The van der Waals surface area contributed by atoms with Crippen LogP contribution in [0, 0.1) is 6.92 Å². The van der Waals surface area contributed by atoms with E-state index in [4.69, 9.17) is 21.1 Å². The Hall–Kier alpha value is -2.16. The first-order valence-corrected chi connectivity index (χ1v) is 8.76. The molecule has 6 nitrogen and oxygen atoms in total. The molecule has 0 aromatic carbocycles.